The van der Waals surface area contributed by atoms with Gasteiger partial charge in [0.1, 0.15) is 6.04 Å². The molecule has 0 saturated carbocycles. The van der Waals surface area contributed by atoms with Crippen molar-refractivity contribution in [3.05, 3.63) is 52.0 Å². The first-order valence-electron chi connectivity index (χ1n) is 8.31. The second kappa shape index (κ2) is 4.73. The molecule has 1 N–H and O–H groups in total. The van der Waals surface area contributed by atoms with Gasteiger partial charge in [0.15, 0.2) is 0 Å². The van der Waals surface area contributed by atoms with Crippen LogP contribution in [-0.2, 0) is 4.79 Å². The fourth-order valence-corrected chi connectivity index (χ4v) is 5.70. The Hall–Kier alpha value is -1.55. The van der Waals surface area contributed by atoms with E-state index in [0.717, 1.165) is 23.9 Å². The molecule has 4 heteroatoms. The van der Waals surface area contributed by atoms with E-state index in [1.165, 1.54) is 16.8 Å². The summed E-state index contributed by atoms with van der Waals surface area (Å²) in [4.78, 5) is 14.3. The van der Waals surface area contributed by atoms with E-state index in [4.69, 9.17) is 0 Å². The molecule has 23 heavy (non-hydrogen) atoms. The normalized spacial score (nSPS) is 35.9. The van der Waals surface area contributed by atoms with Crippen molar-refractivity contribution < 1.29 is 9.90 Å². The molecule has 0 bridgehead atoms. The van der Waals surface area contributed by atoms with Gasteiger partial charge in [-0.3, -0.25) is 0 Å². The topological polar surface area (TPSA) is 40.5 Å². The van der Waals surface area contributed by atoms with E-state index in [2.05, 4.69) is 57.3 Å². The lowest BCUT2D eigenvalue weighted by atomic mass is 9.72. The van der Waals surface area contributed by atoms with Crippen LogP contribution in [0.3, 0.4) is 0 Å². The van der Waals surface area contributed by atoms with E-state index in [1.54, 1.807) is 0 Å². The van der Waals surface area contributed by atoms with E-state index in [-0.39, 0.29) is 11.8 Å². The van der Waals surface area contributed by atoms with E-state index in [9.17, 15) is 9.90 Å². The zero-order valence-electron chi connectivity index (χ0n) is 12.7. The molecule has 0 saturated heterocycles. The van der Waals surface area contributed by atoms with Crippen molar-refractivity contribution in [1.29, 1.82) is 0 Å². The smallest absolute Gasteiger partial charge is 0.326 e. The van der Waals surface area contributed by atoms with E-state index >= 15 is 0 Å². The number of halogens is 1. The molecule has 1 aromatic carbocycles. The molecule has 4 aliphatic rings. The van der Waals surface area contributed by atoms with Gasteiger partial charge in [-0.2, -0.15) is 0 Å². The molecule has 2 aliphatic carbocycles. The molecule has 5 atom stereocenters. The lowest BCUT2D eigenvalue weighted by Gasteiger charge is -2.49. The van der Waals surface area contributed by atoms with E-state index < -0.39 is 12.0 Å². The van der Waals surface area contributed by atoms with Gasteiger partial charge in [0.05, 0.1) is 0 Å². The number of carboxylic acids is 1. The van der Waals surface area contributed by atoms with Crippen LogP contribution in [0.1, 0.15) is 35.8 Å². The minimum absolute atomic E-state index is 0.160. The monoisotopic (exact) mass is 371 g/mol. The fourth-order valence-electron chi connectivity index (χ4n) is 5.21. The van der Waals surface area contributed by atoms with Crippen molar-refractivity contribution >= 4 is 27.6 Å². The summed E-state index contributed by atoms with van der Waals surface area (Å²) in [6, 6.07) is 4.01. The van der Waals surface area contributed by atoms with Gasteiger partial charge in [0.2, 0.25) is 0 Å². The Morgan fingerprint density at radius 3 is 2.61 bits per heavy atom. The molecular weight excluding hydrogens is 354 g/mol. The number of aliphatic carboxylic acids is 1. The SMILES string of the molecule is O=C(O)[C@@H]1[C@H]2CC=C[C@@H]2c2cc(Br)cc3c2N1C[C@@H]1CC=C[C@H]31. The van der Waals surface area contributed by atoms with Crippen molar-refractivity contribution in [2.45, 2.75) is 30.7 Å². The number of allylic oxidation sites excluding steroid dienone is 4. The summed E-state index contributed by atoms with van der Waals surface area (Å²) in [6.45, 7) is 0.861. The van der Waals surface area contributed by atoms with Gasteiger partial charge in [0.25, 0.3) is 0 Å². The minimum atomic E-state index is -0.673. The van der Waals surface area contributed by atoms with Gasteiger partial charge in [-0.25, -0.2) is 4.79 Å². The largest absolute Gasteiger partial charge is 0.480 e. The molecule has 0 spiro atoms. The summed E-state index contributed by atoms with van der Waals surface area (Å²) in [5.74, 6) is 0.674. The first-order chi connectivity index (χ1) is 11.1. The van der Waals surface area contributed by atoms with Crippen LogP contribution in [0, 0.1) is 11.8 Å². The number of nitrogens with zero attached hydrogens (tertiary/aromatic N) is 1. The zero-order chi connectivity index (χ0) is 15.7. The Morgan fingerprint density at radius 2 is 1.83 bits per heavy atom. The standard InChI is InChI=1S/C19H18BrNO2/c20-11-7-15-12-4-1-3-10(12)9-21-17(15)16(8-11)13-5-2-6-14(13)18(21)19(22)23/h1-2,4-5,7-8,10,12-14,18H,3,6,9H2,(H,22,23)/t10-,12-,13-,14-,18-/m0/s1. The third-order valence-corrected chi connectivity index (χ3v) is 6.53. The number of benzene rings is 1. The van der Waals surface area contributed by atoms with Crippen molar-refractivity contribution in [2.75, 3.05) is 11.4 Å². The molecule has 0 fully saturated rings. The number of rotatable bonds is 1. The highest BCUT2D eigenvalue weighted by molar-refractivity contribution is 9.10. The predicted molar refractivity (Wildman–Crippen MR) is 92.9 cm³/mol. The first kappa shape index (κ1) is 13.8. The van der Waals surface area contributed by atoms with Crippen LogP contribution in [0.2, 0.25) is 0 Å². The average molecular weight is 372 g/mol. The van der Waals surface area contributed by atoms with Gasteiger partial charge in [-0.05, 0) is 42.0 Å². The highest BCUT2D eigenvalue weighted by Crippen LogP contribution is 2.55. The van der Waals surface area contributed by atoms with Crippen LogP contribution >= 0.6 is 15.9 Å². The molecule has 0 unspecified atom stereocenters. The zero-order valence-corrected chi connectivity index (χ0v) is 14.2. The second-order valence-electron chi connectivity index (χ2n) is 7.17. The summed E-state index contributed by atoms with van der Waals surface area (Å²) in [6.07, 6.45) is 10.9. The van der Waals surface area contributed by atoms with Gasteiger partial charge >= 0.3 is 5.97 Å². The lowest BCUT2D eigenvalue weighted by molar-refractivity contribution is -0.140. The number of anilines is 1. The fraction of sp³-hybridized carbons (Fsp3) is 0.421. The quantitative estimate of drug-likeness (QED) is 0.756. The Bertz CT molecular complexity index is 752. The van der Waals surface area contributed by atoms with Crippen molar-refractivity contribution in [2.24, 2.45) is 11.8 Å². The van der Waals surface area contributed by atoms with Crippen LogP contribution in [0.15, 0.2) is 40.9 Å². The van der Waals surface area contributed by atoms with Crippen LogP contribution in [0.5, 0.6) is 0 Å². The lowest BCUT2D eigenvalue weighted by Crippen LogP contribution is -2.54. The molecular formula is C19H18BrNO2. The summed E-state index contributed by atoms with van der Waals surface area (Å²) in [5.41, 5.74) is 3.81. The van der Waals surface area contributed by atoms with Gasteiger partial charge < -0.3 is 10.0 Å². The maximum absolute atomic E-state index is 12.1. The Kier molecular flexibility index (Phi) is 2.85. The number of hydrogen-bond acceptors (Lipinski definition) is 2. The second-order valence-corrected chi connectivity index (χ2v) is 8.09. The van der Waals surface area contributed by atoms with Gasteiger partial charge in [-0.1, -0.05) is 40.2 Å². The Morgan fingerprint density at radius 1 is 1.13 bits per heavy atom. The van der Waals surface area contributed by atoms with Crippen molar-refractivity contribution in [3.8, 4) is 0 Å². The van der Waals surface area contributed by atoms with Crippen LogP contribution in [-0.4, -0.2) is 23.7 Å². The molecule has 0 radical (unpaired) electrons. The molecule has 3 nitrogen and oxygen atoms in total. The summed E-state index contributed by atoms with van der Waals surface area (Å²) in [5, 5.41) is 9.93. The molecule has 2 aliphatic heterocycles. The molecule has 2 heterocycles. The number of carbonyl (C=O) groups is 1. The first-order valence-corrected chi connectivity index (χ1v) is 9.10. The van der Waals surface area contributed by atoms with Gasteiger partial charge in [-0.15, -0.1) is 0 Å². The Balaban J connectivity index is 1.78. The molecule has 5 rings (SSSR count). The van der Waals surface area contributed by atoms with Crippen LogP contribution < -0.4 is 4.90 Å². The molecule has 118 valence electrons. The van der Waals surface area contributed by atoms with Crippen molar-refractivity contribution in [1.82, 2.24) is 0 Å². The van der Waals surface area contributed by atoms with Gasteiger partial charge in [0, 0.05) is 34.5 Å². The van der Waals surface area contributed by atoms with Crippen molar-refractivity contribution in [3.63, 3.8) is 0 Å². The predicted octanol–water partition coefficient (Wildman–Crippen LogP) is 4.06. The van der Waals surface area contributed by atoms with E-state index in [0.29, 0.717) is 11.8 Å². The highest BCUT2D eigenvalue weighted by Gasteiger charge is 2.49. The maximum Gasteiger partial charge on any atom is 0.326 e. The minimum Gasteiger partial charge on any atom is -0.480 e. The summed E-state index contributed by atoms with van der Waals surface area (Å²) in [7, 11) is 0. The molecule has 0 aromatic heterocycles. The third-order valence-electron chi connectivity index (χ3n) is 6.07. The number of fused-ring (bicyclic) bond motifs is 4. The number of hydrogen-bond donors (Lipinski definition) is 1. The Labute approximate surface area is 143 Å². The average Bonchev–Trinajstić information content (AvgIpc) is 3.15. The molecule has 1 aromatic rings. The third kappa shape index (κ3) is 1.78. The number of carboxylic acid groups (broad SMARTS) is 1. The summed E-state index contributed by atoms with van der Waals surface area (Å²) >= 11 is 3.68. The molecule has 0 amide bonds. The highest BCUT2D eigenvalue weighted by atomic mass is 79.9. The van der Waals surface area contributed by atoms with E-state index in [1.807, 2.05) is 0 Å². The van der Waals surface area contributed by atoms with Crippen LogP contribution in [0.25, 0.3) is 0 Å². The van der Waals surface area contributed by atoms with Crippen LogP contribution in [0.4, 0.5) is 5.69 Å². The maximum atomic E-state index is 12.1. The summed E-state index contributed by atoms with van der Waals surface area (Å²) < 4.78 is 1.11.